The van der Waals surface area contributed by atoms with Crippen LogP contribution in [0, 0.1) is 0 Å². The monoisotopic (exact) mass is 288 g/mol. The number of carbonyl (C=O) groups excluding carboxylic acids is 3. The third kappa shape index (κ3) is 2.53. The van der Waals surface area contributed by atoms with E-state index in [1.165, 1.54) is 0 Å². The van der Waals surface area contributed by atoms with Crippen molar-refractivity contribution in [1.82, 2.24) is 30.7 Å². The molecule has 9 nitrogen and oxygen atoms in total. The van der Waals surface area contributed by atoms with Gasteiger partial charge in [-0.1, -0.05) is 0 Å². The highest BCUT2D eigenvalue weighted by atomic mass is 16.2. The van der Waals surface area contributed by atoms with Crippen LogP contribution in [0.25, 0.3) is 11.0 Å². The molecule has 21 heavy (non-hydrogen) atoms. The van der Waals surface area contributed by atoms with Crippen molar-refractivity contribution >= 4 is 28.9 Å². The first-order valence-electron chi connectivity index (χ1n) is 6.28. The molecule has 3 heterocycles. The van der Waals surface area contributed by atoms with E-state index in [9.17, 15) is 14.4 Å². The van der Waals surface area contributed by atoms with E-state index in [0.29, 0.717) is 11.3 Å². The Labute approximate surface area is 118 Å². The van der Waals surface area contributed by atoms with Crippen LogP contribution in [-0.2, 0) is 16.1 Å². The van der Waals surface area contributed by atoms with Crippen molar-refractivity contribution in [3.63, 3.8) is 0 Å². The molecule has 1 aliphatic heterocycles. The number of hydrogen-bond acceptors (Lipinski definition) is 5. The summed E-state index contributed by atoms with van der Waals surface area (Å²) in [4.78, 5) is 39.4. The third-order valence-corrected chi connectivity index (χ3v) is 3.11. The Morgan fingerprint density at radius 3 is 3.05 bits per heavy atom. The number of imide groups is 1. The summed E-state index contributed by atoms with van der Waals surface area (Å²) in [5, 5.41) is 12.6. The van der Waals surface area contributed by atoms with Crippen molar-refractivity contribution in [3.05, 3.63) is 24.0 Å². The topological polar surface area (TPSA) is 120 Å². The summed E-state index contributed by atoms with van der Waals surface area (Å²) < 4.78 is 0. The van der Waals surface area contributed by atoms with Crippen molar-refractivity contribution in [2.45, 2.75) is 6.54 Å². The number of aromatic amines is 1. The van der Waals surface area contributed by atoms with Crippen LogP contribution in [-0.4, -0.2) is 51.0 Å². The number of rotatable bonds is 4. The second-order valence-electron chi connectivity index (χ2n) is 4.49. The van der Waals surface area contributed by atoms with Crippen LogP contribution in [0.2, 0.25) is 0 Å². The Hall–Kier alpha value is -2.97. The van der Waals surface area contributed by atoms with Gasteiger partial charge in [-0.05, 0) is 12.1 Å². The van der Waals surface area contributed by atoms with Gasteiger partial charge < -0.3 is 10.6 Å². The molecule has 108 valence electrons. The minimum atomic E-state index is -0.550. The van der Waals surface area contributed by atoms with Crippen LogP contribution in [0.5, 0.6) is 0 Å². The number of nitrogens with one attached hydrogen (secondary N) is 3. The molecule has 3 N–H and O–H groups in total. The van der Waals surface area contributed by atoms with Crippen LogP contribution in [0.15, 0.2) is 18.3 Å². The Kier molecular flexibility index (Phi) is 3.22. The van der Waals surface area contributed by atoms with Crippen molar-refractivity contribution in [1.29, 1.82) is 0 Å². The zero-order valence-corrected chi connectivity index (χ0v) is 10.9. The van der Waals surface area contributed by atoms with E-state index in [1.807, 2.05) is 6.07 Å². The molecule has 1 saturated heterocycles. The molecule has 1 fully saturated rings. The van der Waals surface area contributed by atoms with E-state index in [2.05, 4.69) is 25.8 Å². The van der Waals surface area contributed by atoms with E-state index < -0.39 is 17.8 Å². The van der Waals surface area contributed by atoms with Crippen molar-refractivity contribution in [2.75, 3.05) is 13.1 Å². The molecule has 0 unspecified atom stereocenters. The van der Waals surface area contributed by atoms with E-state index in [4.69, 9.17) is 0 Å². The minimum Gasteiger partial charge on any atom is -0.349 e. The predicted octanol–water partition coefficient (Wildman–Crippen LogP) is -0.874. The number of H-pyrrole nitrogens is 1. The lowest BCUT2D eigenvalue weighted by molar-refractivity contribution is -0.130. The van der Waals surface area contributed by atoms with Crippen molar-refractivity contribution in [3.8, 4) is 0 Å². The molecule has 3 rings (SSSR count). The Balaban J connectivity index is 1.61. The number of amides is 4. The van der Waals surface area contributed by atoms with Gasteiger partial charge in [-0.3, -0.25) is 19.6 Å². The van der Waals surface area contributed by atoms with Crippen molar-refractivity contribution in [2.24, 2.45) is 0 Å². The first-order valence-corrected chi connectivity index (χ1v) is 6.28. The molecular formula is C12H12N6O3. The zero-order chi connectivity index (χ0) is 14.8. The maximum absolute atomic E-state index is 11.8. The van der Waals surface area contributed by atoms with E-state index in [1.54, 1.807) is 12.3 Å². The lowest BCUT2D eigenvalue weighted by Crippen LogP contribution is -2.40. The maximum atomic E-state index is 11.8. The fourth-order valence-corrected chi connectivity index (χ4v) is 2.04. The highest BCUT2D eigenvalue weighted by Gasteiger charge is 2.30. The molecule has 9 heteroatoms. The van der Waals surface area contributed by atoms with Gasteiger partial charge >= 0.3 is 6.03 Å². The molecular weight excluding hydrogens is 276 g/mol. The number of urea groups is 1. The normalized spacial score (nSPS) is 14.6. The third-order valence-electron chi connectivity index (χ3n) is 3.11. The number of fused-ring (bicyclic) bond motifs is 1. The number of nitrogens with zero attached hydrogens (tertiary/aromatic N) is 3. The van der Waals surface area contributed by atoms with Crippen LogP contribution in [0.1, 0.15) is 5.69 Å². The Morgan fingerprint density at radius 2 is 2.29 bits per heavy atom. The van der Waals surface area contributed by atoms with Gasteiger partial charge in [-0.15, -0.1) is 0 Å². The van der Waals surface area contributed by atoms with E-state index in [-0.39, 0.29) is 19.6 Å². The van der Waals surface area contributed by atoms with Gasteiger partial charge in [0.25, 0.3) is 5.91 Å². The Morgan fingerprint density at radius 1 is 1.43 bits per heavy atom. The summed E-state index contributed by atoms with van der Waals surface area (Å²) >= 11 is 0. The molecule has 0 saturated carbocycles. The molecule has 1 aliphatic rings. The van der Waals surface area contributed by atoms with Crippen LogP contribution >= 0.6 is 0 Å². The summed E-state index contributed by atoms with van der Waals surface area (Å²) in [6, 6.07) is 3.06. The van der Waals surface area contributed by atoms with Gasteiger partial charge in [-0.2, -0.15) is 5.10 Å². The van der Waals surface area contributed by atoms with Gasteiger partial charge in [-0.25, -0.2) is 9.78 Å². The lowest BCUT2D eigenvalue weighted by atomic mass is 10.2. The molecule has 0 spiro atoms. The van der Waals surface area contributed by atoms with Crippen LogP contribution in [0.3, 0.4) is 0 Å². The highest BCUT2D eigenvalue weighted by molar-refractivity contribution is 6.04. The fourth-order valence-electron chi connectivity index (χ4n) is 2.04. The summed E-state index contributed by atoms with van der Waals surface area (Å²) in [7, 11) is 0. The summed E-state index contributed by atoms with van der Waals surface area (Å²) in [5.74, 6) is -0.835. The number of carbonyl (C=O) groups is 3. The van der Waals surface area contributed by atoms with Gasteiger partial charge in [0.05, 0.1) is 18.8 Å². The van der Waals surface area contributed by atoms with Gasteiger partial charge in [0.15, 0.2) is 5.65 Å². The second-order valence-corrected chi connectivity index (χ2v) is 4.49. The zero-order valence-electron chi connectivity index (χ0n) is 10.9. The first kappa shape index (κ1) is 13.0. The van der Waals surface area contributed by atoms with Gasteiger partial charge in [0, 0.05) is 11.6 Å². The molecule has 0 aromatic carbocycles. The smallest absolute Gasteiger partial charge is 0.325 e. The van der Waals surface area contributed by atoms with Gasteiger partial charge in [0.2, 0.25) is 5.91 Å². The second kappa shape index (κ2) is 5.19. The number of pyridine rings is 1. The SMILES string of the molecule is O=C(CN1C(=O)CNC1=O)NCc1[nH]nc2ncccc12. The molecule has 0 radical (unpaired) electrons. The molecule has 2 aromatic rings. The average Bonchev–Trinajstić information content (AvgIpc) is 3.03. The van der Waals surface area contributed by atoms with Gasteiger partial charge in [0.1, 0.15) is 6.54 Å². The molecule has 0 bridgehead atoms. The number of aromatic nitrogens is 3. The van der Waals surface area contributed by atoms with Crippen LogP contribution in [0.4, 0.5) is 4.79 Å². The summed E-state index contributed by atoms with van der Waals surface area (Å²) in [6.45, 7) is -0.150. The summed E-state index contributed by atoms with van der Waals surface area (Å²) in [5.41, 5.74) is 1.28. The van der Waals surface area contributed by atoms with E-state index in [0.717, 1.165) is 10.3 Å². The largest absolute Gasteiger partial charge is 0.349 e. The molecule has 4 amide bonds. The quantitative estimate of drug-likeness (QED) is 0.631. The average molecular weight is 288 g/mol. The number of hydrogen-bond donors (Lipinski definition) is 3. The molecule has 2 aromatic heterocycles. The molecule has 0 atom stereocenters. The van der Waals surface area contributed by atoms with E-state index >= 15 is 0 Å². The summed E-state index contributed by atoms with van der Waals surface area (Å²) in [6.07, 6.45) is 1.63. The maximum Gasteiger partial charge on any atom is 0.325 e. The molecule has 0 aliphatic carbocycles. The first-order chi connectivity index (χ1) is 10.1. The van der Waals surface area contributed by atoms with Crippen LogP contribution < -0.4 is 10.6 Å². The minimum absolute atomic E-state index is 0.0665. The fraction of sp³-hybridized carbons (Fsp3) is 0.250. The van der Waals surface area contributed by atoms with Crippen molar-refractivity contribution < 1.29 is 14.4 Å². The Bertz CT molecular complexity index is 709. The standard InChI is InChI=1S/C12H12N6O3/c19-9(6-18-10(20)5-15-12(18)21)14-4-8-7-2-1-3-13-11(7)17-16-8/h1-3H,4-6H2,(H,14,19)(H,15,21)(H,13,16,17). The predicted molar refractivity (Wildman–Crippen MR) is 70.8 cm³/mol. The lowest BCUT2D eigenvalue weighted by Gasteiger charge is -2.11. The highest BCUT2D eigenvalue weighted by Crippen LogP contribution is 2.12.